The van der Waals surface area contributed by atoms with Crippen molar-refractivity contribution in [3.8, 4) is 23.0 Å². The molecule has 68 heavy (non-hydrogen) atoms. The van der Waals surface area contributed by atoms with Gasteiger partial charge in [0.1, 0.15) is 23.4 Å². The van der Waals surface area contributed by atoms with Gasteiger partial charge in [0.15, 0.2) is 23.0 Å². The van der Waals surface area contributed by atoms with Crippen molar-refractivity contribution in [2.24, 2.45) is 45.3 Å². The number of methoxy groups -OCH3 is 2. The second kappa shape index (κ2) is 13.6. The Kier molecular flexibility index (Phi) is 9.00. The second-order valence-electron chi connectivity index (χ2n) is 27.2. The van der Waals surface area contributed by atoms with Crippen LogP contribution in [0.4, 0.5) is 0 Å². The normalized spacial score (nSPS) is 43.6. The first-order chi connectivity index (χ1) is 32.0. The Balaban J connectivity index is 0.000000134. The molecule has 6 saturated carbocycles. The molecule has 14 aliphatic rings. The zero-order chi connectivity index (χ0) is 47.8. The number of hydrogen-bond acceptors (Lipinski definition) is 10. The van der Waals surface area contributed by atoms with Crippen molar-refractivity contribution < 1.29 is 39.4 Å². The van der Waals surface area contributed by atoms with Gasteiger partial charge >= 0.3 is 0 Å². The molecule has 10 nitrogen and oxygen atoms in total. The zero-order valence-electron chi connectivity index (χ0n) is 42.7. The molecule has 4 N–H and O–H groups in total. The highest BCUT2D eigenvalue weighted by Crippen LogP contribution is 2.79. The van der Waals surface area contributed by atoms with Gasteiger partial charge in [0.25, 0.3) is 0 Å². The minimum absolute atomic E-state index is 0.0294. The van der Waals surface area contributed by atoms with E-state index in [-0.39, 0.29) is 68.0 Å². The molecule has 4 heterocycles. The van der Waals surface area contributed by atoms with E-state index in [1.807, 2.05) is 33.1 Å². The molecule has 10 aliphatic carbocycles. The number of phenols is 2. The molecule has 0 amide bonds. The van der Waals surface area contributed by atoms with E-state index in [9.17, 15) is 20.4 Å². The van der Waals surface area contributed by atoms with Crippen LogP contribution in [0.25, 0.3) is 0 Å². The molecule has 370 valence electrons. The summed E-state index contributed by atoms with van der Waals surface area (Å²) in [6.07, 6.45) is 17.7. The maximum atomic E-state index is 12.2. The minimum Gasteiger partial charge on any atom is -0.504 e. The van der Waals surface area contributed by atoms with Crippen LogP contribution in [0.3, 0.4) is 0 Å². The number of aromatic hydroxyl groups is 2. The first kappa shape index (κ1) is 45.0. The van der Waals surface area contributed by atoms with E-state index in [2.05, 4.69) is 75.6 Å². The summed E-state index contributed by atoms with van der Waals surface area (Å²) in [7, 11) is 3.61. The van der Waals surface area contributed by atoms with Crippen LogP contribution in [-0.4, -0.2) is 117 Å². The van der Waals surface area contributed by atoms with Crippen LogP contribution in [0.2, 0.25) is 0 Å². The van der Waals surface area contributed by atoms with Crippen LogP contribution >= 0.6 is 0 Å². The van der Waals surface area contributed by atoms with Crippen LogP contribution in [-0.2, 0) is 33.1 Å². The fraction of sp³-hybridized carbons (Fsp3) is 0.759. The van der Waals surface area contributed by atoms with Crippen molar-refractivity contribution in [2.45, 2.75) is 190 Å². The van der Waals surface area contributed by atoms with Gasteiger partial charge in [0.2, 0.25) is 0 Å². The number of fused-ring (bicyclic) bond motifs is 3. The van der Waals surface area contributed by atoms with Gasteiger partial charge in [-0.1, -0.05) is 65.8 Å². The largest absolute Gasteiger partial charge is 0.504 e. The van der Waals surface area contributed by atoms with E-state index in [0.29, 0.717) is 23.6 Å². The third kappa shape index (κ3) is 5.08. The highest BCUT2D eigenvalue weighted by molar-refractivity contribution is 5.66. The van der Waals surface area contributed by atoms with E-state index in [1.165, 1.54) is 61.0 Å². The smallest absolute Gasteiger partial charge is 0.165 e. The van der Waals surface area contributed by atoms with Crippen molar-refractivity contribution in [3.63, 3.8) is 0 Å². The molecule has 10 heteroatoms. The number of ether oxygens (including phenoxy) is 4. The lowest BCUT2D eigenvalue weighted by Crippen LogP contribution is -2.83. The molecule has 0 aromatic heterocycles. The highest BCUT2D eigenvalue weighted by Gasteiger charge is 2.84. The monoisotopic (exact) mass is 933 g/mol. The van der Waals surface area contributed by atoms with E-state index < -0.39 is 22.4 Å². The van der Waals surface area contributed by atoms with E-state index in [1.54, 1.807) is 7.11 Å². The molecule has 8 bridgehead atoms. The second-order valence-corrected chi connectivity index (χ2v) is 27.2. The third-order valence-corrected chi connectivity index (χ3v) is 23.2. The maximum absolute atomic E-state index is 12.2. The zero-order valence-corrected chi connectivity index (χ0v) is 42.7. The number of nitrogens with zero attached hydrogens (tertiary/aromatic N) is 2. The van der Waals surface area contributed by atoms with Gasteiger partial charge in [-0.2, -0.15) is 0 Å². The number of benzene rings is 2. The molecule has 0 radical (unpaired) electrons. The molecule has 16 rings (SSSR count). The Labute approximate surface area is 405 Å². The molecule has 2 aromatic rings. The van der Waals surface area contributed by atoms with Crippen LogP contribution in [0.5, 0.6) is 23.0 Å². The molecule has 4 aliphatic heterocycles. The third-order valence-electron chi connectivity index (χ3n) is 23.2. The number of rotatable bonds is 8. The molecule has 2 saturated heterocycles. The van der Waals surface area contributed by atoms with Crippen molar-refractivity contribution >= 4 is 0 Å². The Morgan fingerprint density at radius 2 is 1.15 bits per heavy atom. The average Bonchev–Trinajstić information content (AvgIpc) is 4.23. The Bertz CT molecular complexity index is 2490. The lowest BCUT2D eigenvalue weighted by Gasteiger charge is -2.75. The van der Waals surface area contributed by atoms with Gasteiger partial charge in [-0.25, -0.2) is 0 Å². The van der Waals surface area contributed by atoms with Crippen LogP contribution in [0.1, 0.15) is 142 Å². The van der Waals surface area contributed by atoms with Crippen LogP contribution in [0.15, 0.2) is 36.4 Å². The van der Waals surface area contributed by atoms with Crippen molar-refractivity contribution in [2.75, 3.05) is 40.4 Å². The summed E-state index contributed by atoms with van der Waals surface area (Å²) in [5.41, 5.74) is 0.947. The van der Waals surface area contributed by atoms with E-state index in [0.717, 1.165) is 76.3 Å². The number of phenolic OH excluding ortho intramolecular Hbond substituents is 2. The standard InChI is InChI=1S/C29H41NO4.C29H39NO4/c2*1-25(2,3)26(4,32)20-15-27-10-11-29(20,33-5)24-28(27)12-13-30(16-17-6-7-17)21(27)14-18-8-9-19(31)23(34-24)22(18)28/h8-9,17,20-21,24,31-32H,6-7,10-16H2,1-5H3;8-11,17,20-21,24,31-32H,6-7,12-16H2,1-5H3/t2*20-,21-,24-,26+,27-,28+,29-/m11/s1. The summed E-state index contributed by atoms with van der Waals surface area (Å²) in [6, 6.07) is 8.79. The summed E-state index contributed by atoms with van der Waals surface area (Å²) in [5, 5.41) is 46.3. The number of hydrogen-bond donors (Lipinski definition) is 4. The topological polar surface area (TPSA) is 124 Å². The fourth-order valence-electron chi connectivity index (χ4n) is 18.5. The van der Waals surface area contributed by atoms with Gasteiger partial charge in [-0.15, -0.1) is 0 Å². The van der Waals surface area contributed by atoms with Gasteiger partial charge < -0.3 is 39.4 Å². The quantitative estimate of drug-likeness (QED) is 0.192. The molecule has 2 aromatic carbocycles. The Morgan fingerprint density at radius 1 is 0.618 bits per heavy atom. The summed E-state index contributed by atoms with van der Waals surface area (Å²) >= 11 is 0. The van der Waals surface area contributed by atoms with Crippen LogP contribution in [0, 0.1) is 45.3 Å². The molecule has 8 fully saturated rings. The number of aliphatic hydroxyl groups is 2. The molecule has 14 atom stereocenters. The van der Waals surface area contributed by atoms with Crippen molar-refractivity contribution in [1.29, 1.82) is 0 Å². The Hall–Kier alpha value is -2.86. The molecule has 4 spiro atoms. The van der Waals surface area contributed by atoms with E-state index >= 15 is 0 Å². The SMILES string of the molecule is CO[C@]12C=C[C@@]3(C[C@@H]1[C@](C)(O)C(C)(C)C)[C@H]1Cc4ccc(O)c5c4[C@@]3(CCN1CC1CC1)[C@H]2O5.CO[C@]12CC[C@@]3(C[C@@H]1[C@](C)(O)C(C)(C)C)[C@H]1Cc4ccc(O)c5c4[C@@]3(CCN1CC1CC1)[C@H]2O5. The van der Waals surface area contributed by atoms with E-state index in [4.69, 9.17) is 18.9 Å². The highest BCUT2D eigenvalue weighted by atomic mass is 16.6. The van der Waals surface area contributed by atoms with Gasteiger partial charge in [-0.3, -0.25) is 9.80 Å². The summed E-state index contributed by atoms with van der Waals surface area (Å²) < 4.78 is 26.8. The first-order valence-corrected chi connectivity index (χ1v) is 26.8. The maximum Gasteiger partial charge on any atom is 0.165 e. The summed E-state index contributed by atoms with van der Waals surface area (Å²) in [5.74, 6) is 3.43. The van der Waals surface area contributed by atoms with Gasteiger partial charge in [0.05, 0.1) is 16.6 Å². The van der Waals surface area contributed by atoms with Gasteiger partial charge in [0, 0.05) is 78.6 Å². The van der Waals surface area contributed by atoms with Gasteiger partial charge in [-0.05, 0) is 150 Å². The lowest BCUT2D eigenvalue weighted by atomic mass is 9.33. The minimum atomic E-state index is -0.960. The molecular weight excluding hydrogens is 853 g/mol. The molecule has 0 unspecified atom stereocenters. The number of piperidine rings is 2. The predicted molar refractivity (Wildman–Crippen MR) is 260 cm³/mol. The summed E-state index contributed by atoms with van der Waals surface area (Å²) in [6.45, 7) is 21.4. The number of likely N-dealkylation sites (tertiary alicyclic amines) is 2. The Morgan fingerprint density at radius 3 is 1.71 bits per heavy atom. The molecular formula is C58H80N2O8. The van der Waals surface area contributed by atoms with Crippen molar-refractivity contribution in [3.05, 3.63) is 58.7 Å². The lowest BCUT2D eigenvalue weighted by molar-refractivity contribution is -0.312. The fourth-order valence-corrected chi connectivity index (χ4v) is 18.5. The average molecular weight is 933 g/mol. The van der Waals surface area contributed by atoms with Crippen molar-refractivity contribution in [1.82, 2.24) is 9.80 Å². The predicted octanol–water partition coefficient (Wildman–Crippen LogP) is 8.60. The van der Waals surface area contributed by atoms with Crippen LogP contribution < -0.4 is 9.47 Å². The first-order valence-electron chi connectivity index (χ1n) is 26.8. The summed E-state index contributed by atoms with van der Waals surface area (Å²) in [4.78, 5) is 5.59.